The van der Waals surface area contributed by atoms with Crippen LogP contribution in [0.1, 0.15) is 19.3 Å². The molecule has 1 saturated heterocycles. The summed E-state index contributed by atoms with van der Waals surface area (Å²) in [5.41, 5.74) is 1.15. The van der Waals surface area contributed by atoms with E-state index in [9.17, 15) is 5.11 Å². The third kappa shape index (κ3) is 1.86. The summed E-state index contributed by atoms with van der Waals surface area (Å²) in [4.78, 5) is 0. The number of hydrogen-bond donors (Lipinski definition) is 1. The third-order valence-electron chi connectivity index (χ3n) is 3.39. The van der Waals surface area contributed by atoms with Gasteiger partial charge in [0.05, 0.1) is 22.9 Å². The van der Waals surface area contributed by atoms with Gasteiger partial charge in [0.2, 0.25) is 0 Å². The highest BCUT2D eigenvalue weighted by molar-refractivity contribution is 8.21. The van der Waals surface area contributed by atoms with E-state index < -0.39 is 0 Å². The van der Waals surface area contributed by atoms with Crippen LogP contribution in [0.2, 0.25) is 0 Å². The fourth-order valence-electron chi connectivity index (χ4n) is 2.70. The zero-order valence-corrected chi connectivity index (χ0v) is 10.3. The summed E-state index contributed by atoms with van der Waals surface area (Å²) in [6, 6.07) is 0. The Morgan fingerprint density at radius 3 is 2.93 bits per heavy atom. The van der Waals surface area contributed by atoms with Crippen LogP contribution in [0.25, 0.3) is 0 Å². The van der Waals surface area contributed by atoms with Gasteiger partial charge in [-0.3, -0.25) is 0 Å². The van der Waals surface area contributed by atoms with E-state index in [1.807, 2.05) is 23.5 Å². The number of aliphatic hydroxyl groups is 1. The Morgan fingerprint density at radius 2 is 2.13 bits per heavy atom. The Kier molecular flexibility index (Phi) is 2.79. The summed E-state index contributed by atoms with van der Waals surface area (Å²) in [5, 5.41) is 10.2. The van der Waals surface area contributed by atoms with Crippen LogP contribution in [-0.2, 0) is 4.74 Å². The molecule has 3 rings (SSSR count). The van der Waals surface area contributed by atoms with Crippen molar-refractivity contribution in [3.8, 4) is 0 Å². The largest absolute Gasteiger partial charge is 0.389 e. The molecule has 3 aliphatic rings. The van der Waals surface area contributed by atoms with Crippen LogP contribution >= 0.6 is 23.5 Å². The van der Waals surface area contributed by atoms with Crippen molar-refractivity contribution in [2.24, 2.45) is 0 Å². The van der Waals surface area contributed by atoms with Gasteiger partial charge in [-0.2, -0.15) is 0 Å². The van der Waals surface area contributed by atoms with Crippen LogP contribution < -0.4 is 0 Å². The average molecular weight is 244 g/mol. The van der Waals surface area contributed by atoms with E-state index in [1.54, 1.807) is 0 Å². The van der Waals surface area contributed by atoms with Gasteiger partial charge < -0.3 is 9.84 Å². The number of rotatable bonds is 0. The van der Waals surface area contributed by atoms with Crippen molar-refractivity contribution in [3.05, 3.63) is 11.6 Å². The summed E-state index contributed by atoms with van der Waals surface area (Å²) in [5.74, 6) is 2.45. The first-order valence-corrected chi connectivity index (χ1v) is 7.54. The molecule has 2 fully saturated rings. The van der Waals surface area contributed by atoms with E-state index in [1.165, 1.54) is 11.5 Å². The molecule has 1 N–H and O–H groups in total. The predicted octanol–water partition coefficient (Wildman–Crippen LogP) is 2.03. The minimum Gasteiger partial charge on any atom is -0.389 e. The van der Waals surface area contributed by atoms with E-state index >= 15 is 0 Å². The number of ether oxygens (including phenoxy) is 1. The lowest BCUT2D eigenvalue weighted by molar-refractivity contribution is 0.0220. The van der Waals surface area contributed by atoms with Crippen molar-refractivity contribution in [2.45, 2.75) is 35.5 Å². The number of thioether (sulfide) groups is 2. The van der Waals surface area contributed by atoms with Crippen molar-refractivity contribution in [3.63, 3.8) is 0 Å². The zero-order chi connectivity index (χ0) is 10.3. The quantitative estimate of drug-likeness (QED) is 0.660. The summed E-state index contributed by atoms with van der Waals surface area (Å²) >= 11 is 4.04. The monoisotopic (exact) mass is 244 g/mol. The first-order valence-electron chi connectivity index (χ1n) is 5.57. The van der Waals surface area contributed by atoms with Crippen LogP contribution in [0.15, 0.2) is 11.6 Å². The molecule has 15 heavy (non-hydrogen) atoms. The van der Waals surface area contributed by atoms with Crippen molar-refractivity contribution in [2.75, 3.05) is 18.1 Å². The first-order chi connectivity index (χ1) is 7.29. The molecular formula is C11H16O2S2. The van der Waals surface area contributed by atoms with Crippen molar-refractivity contribution in [1.29, 1.82) is 0 Å². The molecule has 1 saturated carbocycles. The smallest absolute Gasteiger partial charge is 0.0831 e. The van der Waals surface area contributed by atoms with E-state index in [0.717, 1.165) is 31.4 Å². The lowest BCUT2D eigenvalue weighted by Crippen LogP contribution is -2.42. The lowest BCUT2D eigenvalue weighted by atomic mass is 9.87. The van der Waals surface area contributed by atoms with Gasteiger partial charge in [0, 0.05) is 24.3 Å². The minimum absolute atomic E-state index is 0.195. The van der Waals surface area contributed by atoms with Gasteiger partial charge in [-0.15, -0.1) is 23.5 Å². The molecule has 0 aromatic carbocycles. The minimum atomic E-state index is -0.262. The van der Waals surface area contributed by atoms with Gasteiger partial charge in [0.25, 0.3) is 0 Å². The lowest BCUT2D eigenvalue weighted by Gasteiger charge is -2.42. The SMILES string of the molecule is O[C@@H]1CC2(C[C@H]3OCCC=C13)SCCS2. The Bertz CT molecular complexity index is 284. The molecule has 0 radical (unpaired) electrons. The molecule has 4 heteroatoms. The van der Waals surface area contributed by atoms with Gasteiger partial charge >= 0.3 is 0 Å². The molecule has 84 valence electrons. The highest BCUT2D eigenvalue weighted by Crippen LogP contribution is 2.54. The number of fused-ring (bicyclic) bond motifs is 1. The Morgan fingerprint density at radius 1 is 1.33 bits per heavy atom. The summed E-state index contributed by atoms with van der Waals surface area (Å²) in [6.07, 6.45) is 5.09. The highest BCUT2D eigenvalue weighted by atomic mass is 32.2. The van der Waals surface area contributed by atoms with E-state index in [2.05, 4.69) is 6.08 Å². The molecule has 1 spiro atoms. The predicted molar refractivity (Wildman–Crippen MR) is 65.3 cm³/mol. The Balaban J connectivity index is 1.83. The Hall–Kier alpha value is 0.360. The van der Waals surface area contributed by atoms with Crippen molar-refractivity contribution >= 4 is 23.5 Å². The van der Waals surface area contributed by atoms with Gasteiger partial charge in [0.1, 0.15) is 0 Å². The molecule has 2 aliphatic heterocycles. The summed E-state index contributed by atoms with van der Waals surface area (Å²) in [7, 11) is 0. The number of aliphatic hydroxyl groups excluding tert-OH is 1. The molecule has 2 heterocycles. The van der Waals surface area contributed by atoms with Gasteiger partial charge in [-0.05, 0) is 12.0 Å². The van der Waals surface area contributed by atoms with E-state index in [0.29, 0.717) is 0 Å². The van der Waals surface area contributed by atoms with Crippen molar-refractivity contribution < 1.29 is 9.84 Å². The second-order valence-electron chi connectivity index (χ2n) is 4.38. The van der Waals surface area contributed by atoms with E-state index in [4.69, 9.17) is 4.74 Å². The van der Waals surface area contributed by atoms with E-state index in [-0.39, 0.29) is 16.3 Å². The normalized spacial score (nSPS) is 38.9. The molecule has 0 bridgehead atoms. The second kappa shape index (κ2) is 3.99. The van der Waals surface area contributed by atoms with Crippen LogP contribution in [-0.4, -0.2) is 39.5 Å². The summed E-state index contributed by atoms with van der Waals surface area (Å²) in [6.45, 7) is 0.826. The Labute approximate surface area is 98.8 Å². The maximum Gasteiger partial charge on any atom is 0.0831 e. The molecule has 0 amide bonds. The fraction of sp³-hybridized carbons (Fsp3) is 0.818. The standard InChI is InChI=1S/C11H16O2S2/c12-9-6-11(14-4-5-15-11)7-10-8(9)2-1-3-13-10/h2,9-10,12H,1,3-7H2/t9-,10-/m1/s1. The van der Waals surface area contributed by atoms with Gasteiger partial charge in [-0.1, -0.05) is 6.08 Å². The molecule has 2 atom stereocenters. The average Bonchev–Trinajstić information content (AvgIpc) is 2.66. The summed E-state index contributed by atoms with van der Waals surface area (Å²) < 4.78 is 6.03. The topological polar surface area (TPSA) is 29.5 Å². The highest BCUT2D eigenvalue weighted by Gasteiger charge is 2.46. The van der Waals surface area contributed by atoms with Crippen LogP contribution in [0.3, 0.4) is 0 Å². The fourth-order valence-corrected chi connectivity index (χ4v) is 6.04. The van der Waals surface area contributed by atoms with Gasteiger partial charge in [0.15, 0.2) is 0 Å². The van der Waals surface area contributed by atoms with Crippen molar-refractivity contribution in [1.82, 2.24) is 0 Å². The van der Waals surface area contributed by atoms with Crippen LogP contribution in [0, 0.1) is 0 Å². The van der Waals surface area contributed by atoms with Crippen LogP contribution in [0.5, 0.6) is 0 Å². The second-order valence-corrected chi connectivity index (χ2v) is 7.60. The zero-order valence-electron chi connectivity index (χ0n) is 8.65. The first kappa shape index (κ1) is 10.5. The van der Waals surface area contributed by atoms with Gasteiger partial charge in [-0.25, -0.2) is 0 Å². The molecular weight excluding hydrogens is 228 g/mol. The maximum atomic E-state index is 10.2. The molecule has 0 aromatic heterocycles. The molecule has 2 nitrogen and oxygen atoms in total. The number of hydrogen-bond acceptors (Lipinski definition) is 4. The maximum absolute atomic E-state index is 10.2. The third-order valence-corrected chi connectivity index (χ3v) is 6.89. The molecule has 1 aliphatic carbocycles. The molecule has 0 unspecified atom stereocenters. The molecule has 0 aromatic rings. The van der Waals surface area contributed by atoms with Crippen LogP contribution in [0.4, 0.5) is 0 Å².